The van der Waals surface area contributed by atoms with Crippen LogP contribution in [0.1, 0.15) is 37.8 Å². The van der Waals surface area contributed by atoms with Crippen LogP contribution in [-0.4, -0.2) is 25.8 Å². The predicted octanol–water partition coefficient (Wildman–Crippen LogP) is 3.40. The molecular formula is C15H18N2O2S. The Morgan fingerprint density at radius 2 is 1.95 bits per heavy atom. The lowest BCUT2D eigenvalue weighted by molar-refractivity contribution is -0.138. The third-order valence-electron chi connectivity index (χ3n) is 3.79. The largest absolute Gasteiger partial charge is 0.480 e. The molecule has 0 saturated heterocycles. The number of fused-ring (bicyclic) bond motifs is 2. The first-order chi connectivity index (χ1) is 9.45. The van der Waals surface area contributed by atoms with Gasteiger partial charge in [0, 0.05) is 0 Å². The number of benzene rings is 1. The summed E-state index contributed by atoms with van der Waals surface area (Å²) in [7, 11) is 0. The van der Waals surface area contributed by atoms with Gasteiger partial charge in [0.05, 0.1) is 11.0 Å². The lowest BCUT2D eigenvalue weighted by Crippen LogP contribution is -2.27. The summed E-state index contributed by atoms with van der Waals surface area (Å²) in [4.78, 5) is 19.0. The van der Waals surface area contributed by atoms with E-state index in [9.17, 15) is 9.90 Å². The van der Waals surface area contributed by atoms with Gasteiger partial charge in [-0.2, -0.15) is 0 Å². The maximum atomic E-state index is 11.2. The Morgan fingerprint density at radius 3 is 2.60 bits per heavy atom. The number of hydrogen-bond acceptors (Lipinski definition) is 3. The molecule has 2 N–H and O–H groups in total. The van der Waals surface area contributed by atoms with E-state index in [1.165, 1.54) is 35.7 Å². The van der Waals surface area contributed by atoms with Crippen molar-refractivity contribution < 1.29 is 9.90 Å². The minimum atomic E-state index is -0.881. The number of rotatable bonds is 3. The number of nitrogens with zero attached hydrogens (tertiary/aromatic N) is 1. The van der Waals surface area contributed by atoms with Gasteiger partial charge < -0.3 is 10.1 Å². The van der Waals surface area contributed by atoms with Gasteiger partial charge in [-0.15, -0.1) is 0 Å². The fourth-order valence-corrected chi connectivity index (χ4v) is 3.43. The first-order valence-electron chi connectivity index (χ1n) is 6.90. The monoisotopic (exact) mass is 290 g/mol. The van der Waals surface area contributed by atoms with E-state index in [1.54, 1.807) is 13.8 Å². The minimum absolute atomic E-state index is 0.676. The number of thioether (sulfide) groups is 1. The molecule has 0 amide bonds. The zero-order valence-electron chi connectivity index (χ0n) is 11.7. The van der Waals surface area contributed by atoms with Gasteiger partial charge in [0.1, 0.15) is 4.75 Å². The fraction of sp³-hybridized carbons (Fsp3) is 0.467. The van der Waals surface area contributed by atoms with E-state index in [-0.39, 0.29) is 0 Å². The number of nitrogens with one attached hydrogen (secondary N) is 1. The van der Waals surface area contributed by atoms with Crippen LogP contribution in [0.3, 0.4) is 0 Å². The van der Waals surface area contributed by atoms with Gasteiger partial charge in [-0.25, -0.2) is 4.98 Å². The molecule has 0 atom stereocenters. The van der Waals surface area contributed by atoms with Crippen LogP contribution in [-0.2, 0) is 17.6 Å². The van der Waals surface area contributed by atoms with Gasteiger partial charge in [0.2, 0.25) is 0 Å². The number of aromatic nitrogens is 2. The van der Waals surface area contributed by atoms with Crippen molar-refractivity contribution in [3.63, 3.8) is 0 Å². The van der Waals surface area contributed by atoms with Crippen molar-refractivity contribution in [3.05, 3.63) is 23.3 Å². The number of hydrogen-bond donors (Lipinski definition) is 2. The van der Waals surface area contributed by atoms with Crippen molar-refractivity contribution in [2.24, 2.45) is 0 Å². The smallest absolute Gasteiger partial charge is 0.319 e. The summed E-state index contributed by atoms with van der Waals surface area (Å²) in [6, 6.07) is 4.33. The van der Waals surface area contributed by atoms with Crippen LogP contribution in [0.2, 0.25) is 0 Å². The molecule has 1 aliphatic rings. The average molecular weight is 290 g/mol. The Labute approximate surface area is 122 Å². The molecule has 1 aliphatic carbocycles. The van der Waals surface area contributed by atoms with E-state index in [0.29, 0.717) is 5.16 Å². The first kappa shape index (κ1) is 13.5. The SMILES string of the molecule is CC(C)(Sc1nc2cc3c(cc2[nH]1)CCCC3)C(=O)O. The number of carboxylic acid groups (broad SMARTS) is 1. The number of aliphatic carboxylic acids is 1. The van der Waals surface area contributed by atoms with Crippen LogP contribution >= 0.6 is 11.8 Å². The van der Waals surface area contributed by atoms with E-state index in [0.717, 1.165) is 23.9 Å². The summed E-state index contributed by atoms with van der Waals surface area (Å²) >= 11 is 1.26. The van der Waals surface area contributed by atoms with Gasteiger partial charge >= 0.3 is 5.97 Å². The Bertz CT molecular complexity index is 633. The number of carbonyl (C=O) groups is 1. The molecule has 1 aromatic heterocycles. The molecule has 1 heterocycles. The van der Waals surface area contributed by atoms with Gasteiger partial charge in [0.15, 0.2) is 5.16 Å². The molecule has 5 heteroatoms. The number of H-pyrrole nitrogens is 1. The van der Waals surface area contributed by atoms with Crippen molar-refractivity contribution >= 4 is 28.8 Å². The molecule has 20 heavy (non-hydrogen) atoms. The summed E-state index contributed by atoms with van der Waals surface area (Å²) < 4.78 is -0.881. The molecule has 0 saturated carbocycles. The Hall–Kier alpha value is -1.49. The first-order valence-corrected chi connectivity index (χ1v) is 7.71. The molecule has 0 spiro atoms. The van der Waals surface area contributed by atoms with E-state index < -0.39 is 10.7 Å². The van der Waals surface area contributed by atoms with Crippen molar-refractivity contribution in [2.45, 2.75) is 49.4 Å². The van der Waals surface area contributed by atoms with E-state index >= 15 is 0 Å². The fourth-order valence-electron chi connectivity index (χ4n) is 2.55. The number of aryl methyl sites for hydroxylation is 2. The zero-order valence-corrected chi connectivity index (χ0v) is 12.5. The maximum Gasteiger partial charge on any atom is 0.319 e. The topological polar surface area (TPSA) is 66.0 Å². The van der Waals surface area contributed by atoms with E-state index in [4.69, 9.17) is 0 Å². The third-order valence-corrected chi connectivity index (χ3v) is 4.86. The van der Waals surface area contributed by atoms with Crippen LogP contribution < -0.4 is 0 Å². The average Bonchev–Trinajstić information content (AvgIpc) is 2.75. The highest BCUT2D eigenvalue weighted by atomic mass is 32.2. The van der Waals surface area contributed by atoms with Crippen LogP contribution in [0.4, 0.5) is 0 Å². The maximum absolute atomic E-state index is 11.2. The molecule has 106 valence electrons. The highest BCUT2D eigenvalue weighted by molar-refractivity contribution is 8.01. The van der Waals surface area contributed by atoms with Gasteiger partial charge in [0.25, 0.3) is 0 Å². The quantitative estimate of drug-likeness (QED) is 0.850. The van der Waals surface area contributed by atoms with Crippen LogP contribution in [0.15, 0.2) is 17.3 Å². The summed E-state index contributed by atoms with van der Waals surface area (Å²) in [6.45, 7) is 3.39. The van der Waals surface area contributed by atoms with Crippen LogP contribution in [0.5, 0.6) is 0 Å². The molecular weight excluding hydrogens is 272 g/mol. The van der Waals surface area contributed by atoms with Crippen LogP contribution in [0, 0.1) is 0 Å². The van der Waals surface area contributed by atoms with Crippen molar-refractivity contribution in [1.29, 1.82) is 0 Å². The minimum Gasteiger partial charge on any atom is -0.480 e. The summed E-state index contributed by atoms with van der Waals surface area (Å²) in [5.74, 6) is -0.831. The Balaban J connectivity index is 1.96. The number of aromatic amines is 1. The second-order valence-electron chi connectivity index (χ2n) is 5.80. The normalized spacial score (nSPS) is 15.3. The summed E-state index contributed by atoms with van der Waals surface area (Å²) in [5, 5.41) is 9.86. The van der Waals surface area contributed by atoms with E-state index in [1.807, 2.05) is 0 Å². The zero-order chi connectivity index (χ0) is 14.3. The number of carboxylic acids is 1. The third kappa shape index (κ3) is 2.42. The molecule has 3 rings (SSSR count). The lowest BCUT2D eigenvalue weighted by Gasteiger charge is -2.15. The highest BCUT2D eigenvalue weighted by Crippen LogP contribution is 2.33. The Kier molecular flexibility index (Phi) is 3.24. The summed E-state index contributed by atoms with van der Waals surface area (Å²) in [6.07, 6.45) is 4.76. The number of imidazole rings is 1. The summed E-state index contributed by atoms with van der Waals surface area (Å²) in [5.41, 5.74) is 4.74. The van der Waals surface area contributed by atoms with Crippen LogP contribution in [0.25, 0.3) is 11.0 Å². The molecule has 0 aliphatic heterocycles. The molecule has 4 nitrogen and oxygen atoms in total. The molecule has 1 aromatic carbocycles. The van der Waals surface area contributed by atoms with Gasteiger partial charge in [-0.05, 0) is 62.8 Å². The highest BCUT2D eigenvalue weighted by Gasteiger charge is 2.30. The second kappa shape index (κ2) is 4.81. The van der Waals surface area contributed by atoms with Crippen molar-refractivity contribution in [2.75, 3.05) is 0 Å². The molecule has 0 bridgehead atoms. The lowest BCUT2D eigenvalue weighted by atomic mass is 9.91. The van der Waals surface area contributed by atoms with Crippen molar-refractivity contribution in [1.82, 2.24) is 9.97 Å². The Morgan fingerprint density at radius 1 is 1.30 bits per heavy atom. The predicted molar refractivity (Wildman–Crippen MR) is 80.3 cm³/mol. The molecule has 0 unspecified atom stereocenters. The second-order valence-corrected chi connectivity index (χ2v) is 7.42. The standard InChI is InChI=1S/C15H18N2O2S/c1-15(2,13(18)19)20-14-16-11-7-9-5-3-4-6-10(9)8-12(11)17-14/h7-8H,3-6H2,1-2H3,(H,16,17)(H,18,19). The van der Waals surface area contributed by atoms with Gasteiger partial charge in [-0.3, -0.25) is 4.79 Å². The van der Waals surface area contributed by atoms with Gasteiger partial charge in [-0.1, -0.05) is 11.8 Å². The van der Waals surface area contributed by atoms with E-state index in [2.05, 4.69) is 22.1 Å². The molecule has 0 radical (unpaired) electrons. The molecule has 0 fully saturated rings. The van der Waals surface area contributed by atoms with Crippen molar-refractivity contribution in [3.8, 4) is 0 Å². The molecule has 2 aromatic rings.